The normalized spacial score (nSPS) is 17.6. The molecule has 12 atom stereocenters. The Morgan fingerprint density at radius 3 is 1.65 bits per heavy atom. The van der Waals surface area contributed by atoms with Crippen LogP contribution in [-0.4, -0.2) is 218 Å². The van der Waals surface area contributed by atoms with Gasteiger partial charge in [0, 0.05) is 44.4 Å². The Bertz CT molecular complexity index is 2990. The van der Waals surface area contributed by atoms with Gasteiger partial charge in [0.2, 0.25) is 76.8 Å². The maximum absolute atomic E-state index is 14.6. The van der Waals surface area contributed by atoms with E-state index < -0.39 is 162 Å². The van der Waals surface area contributed by atoms with Crippen LogP contribution in [0.5, 0.6) is 0 Å². The fourth-order valence-corrected chi connectivity index (χ4v) is 11.2. The van der Waals surface area contributed by atoms with Crippen molar-refractivity contribution in [1.29, 1.82) is 0 Å². The van der Waals surface area contributed by atoms with E-state index in [0.29, 0.717) is 42.7 Å². The molecular formula is C61H97N19O14S. The third kappa shape index (κ3) is 25.7. The lowest BCUT2D eigenvalue weighted by Crippen LogP contribution is -2.61. The van der Waals surface area contributed by atoms with Crippen molar-refractivity contribution < 1.29 is 67.4 Å². The average Bonchev–Trinajstić information content (AvgIpc) is 1.76. The predicted molar refractivity (Wildman–Crippen MR) is 351 cm³/mol. The van der Waals surface area contributed by atoms with Gasteiger partial charge in [0.05, 0.1) is 25.4 Å². The highest BCUT2D eigenvalue weighted by Crippen LogP contribution is 2.23. The number of nitrogens with two attached hydrogens (primary N) is 5. The van der Waals surface area contributed by atoms with Crippen molar-refractivity contribution in [3.8, 4) is 0 Å². The first-order valence-electron chi connectivity index (χ1n) is 31.8. The molecule has 2 fully saturated rings. The molecule has 1 aromatic heterocycles. The number of nitrogens with zero attached hydrogens (tertiary/aromatic N) is 4. The van der Waals surface area contributed by atoms with Crippen molar-refractivity contribution >= 4 is 94.5 Å². The van der Waals surface area contributed by atoms with Gasteiger partial charge < -0.3 is 96.4 Å². The summed E-state index contributed by atoms with van der Waals surface area (Å²) in [5, 5.41) is 33.6. The van der Waals surface area contributed by atoms with Crippen molar-refractivity contribution in [2.24, 2.45) is 45.5 Å². The van der Waals surface area contributed by atoms with Crippen molar-refractivity contribution in [3.05, 3.63) is 54.1 Å². The zero-order chi connectivity index (χ0) is 70.6. The summed E-state index contributed by atoms with van der Waals surface area (Å²) in [6.45, 7) is 9.21. The highest BCUT2D eigenvalue weighted by Gasteiger charge is 2.42. The van der Waals surface area contributed by atoms with Gasteiger partial charge in [-0.3, -0.25) is 67.3 Å². The van der Waals surface area contributed by atoms with Crippen LogP contribution < -0.4 is 76.5 Å². The number of carbonyl (C=O) groups excluding carboxylic acids is 13. The monoisotopic (exact) mass is 1350 g/mol. The maximum atomic E-state index is 14.6. The molecule has 95 heavy (non-hydrogen) atoms. The minimum absolute atomic E-state index is 0.00731. The minimum Gasteiger partial charge on any atom is -0.394 e. The summed E-state index contributed by atoms with van der Waals surface area (Å²) in [5.41, 5.74) is 29.0. The zero-order valence-electron chi connectivity index (χ0n) is 55.0. The molecule has 21 N–H and O–H groups in total. The van der Waals surface area contributed by atoms with Gasteiger partial charge in [-0.1, -0.05) is 58.0 Å². The highest BCUT2D eigenvalue weighted by atomic mass is 32.2. The number of amides is 13. The Labute approximate surface area is 556 Å². The number of nitrogens with one attached hydrogen (secondary N) is 10. The second-order valence-electron chi connectivity index (χ2n) is 24.6. The lowest BCUT2D eigenvalue weighted by atomic mass is 10.00. The molecule has 2 aliphatic heterocycles. The molecule has 2 aliphatic rings. The van der Waals surface area contributed by atoms with E-state index in [4.69, 9.17) is 28.7 Å². The van der Waals surface area contributed by atoms with Gasteiger partial charge >= 0.3 is 0 Å². The van der Waals surface area contributed by atoms with E-state index in [1.165, 1.54) is 47.9 Å². The summed E-state index contributed by atoms with van der Waals surface area (Å²) < 4.78 is 0. The highest BCUT2D eigenvalue weighted by molar-refractivity contribution is 7.98. The molecule has 0 saturated carbocycles. The first-order chi connectivity index (χ1) is 44.9. The standard InChI is InChI=1S/C61H97N19O14S/c1-32(2)24-40(53(87)72-39(16-11-20-68-61(65)66)51(85)70-34(5)49(64)83)75-58(92)47-18-13-22-80(47)60(94)44(25-33(3)4)77-55(89)43(28-48(63)82)73-50(84)35(6)71-52(86)41(26-36-14-9-8-10-15-36)74-56(90)45(30-81)78-54(88)42(27-37-29-67-31-69-37)76-57(91)46-17-12-21-79(46)59(93)38(62)19-23-95-7/h8-10,14-15,29,31-35,38-47,81H,11-13,16-28,30,62H2,1-7H3,(H2,63,82)(H2,64,83)(H,67,69)(H,70,85)(H,71,86)(H,72,87)(H,73,84)(H,74,90)(H,75,92)(H,76,91)(H,77,89)(H,78,88)(H4,65,66,68)/t34-,35-,38-,39-,40-,41-,42-,43-,44-,45-,46-,47-/m0/s1. The van der Waals surface area contributed by atoms with Crippen LogP contribution in [0.25, 0.3) is 0 Å². The number of aromatic amines is 1. The fraction of sp³-hybridized carbons (Fsp3) is 0.623. The van der Waals surface area contributed by atoms with E-state index in [-0.39, 0.29) is 82.4 Å². The van der Waals surface area contributed by atoms with Gasteiger partial charge in [0.15, 0.2) is 5.96 Å². The van der Waals surface area contributed by atoms with Gasteiger partial charge in [-0.25, -0.2) is 4.98 Å². The molecule has 13 amide bonds. The van der Waals surface area contributed by atoms with Gasteiger partial charge in [0.1, 0.15) is 66.5 Å². The third-order valence-corrected chi connectivity index (χ3v) is 16.4. The number of aliphatic hydroxyl groups excluding tert-OH is 1. The minimum atomic E-state index is -1.73. The van der Waals surface area contributed by atoms with Crippen LogP contribution in [0.4, 0.5) is 0 Å². The number of carbonyl (C=O) groups is 13. The van der Waals surface area contributed by atoms with E-state index >= 15 is 0 Å². The SMILES string of the molecule is CSCC[C@H](N)C(=O)N1CCC[C@H]1C(=O)N[C@@H](Cc1cnc[nH]1)C(=O)N[C@@H](CO)C(=O)N[C@@H](Cc1ccccc1)C(=O)N[C@@H](C)C(=O)N[C@@H](CC(N)=O)C(=O)N[C@@H](CC(C)C)C(=O)N1CCC[C@H]1C(=O)N[C@@H](CC(C)C)C(=O)N[C@@H](CCCN=C(N)N)C(=O)N[C@@H](C)C(N)=O. The quantitative estimate of drug-likeness (QED) is 0.0170. The summed E-state index contributed by atoms with van der Waals surface area (Å²) in [6, 6.07) is -7.25. The molecule has 33 nitrogen and oxygen atoms in total. The van der Waals surface area contributed by atoms with Crippen molar-refractivity contribution in [2.75, 3.05) is 38.2 Å². The van der Waals surface area contributed by atoms with Crippen LogP contribution in [-0.2, 0) is 75.2 Å². The maximum Gasteiger partial charge on any atom is 0.245 e. The Hall–Kier alpha value is -8.92. The fourth-order valence-electron chi connectivity index (χ4n) is 10.7. The molecule has 3 heterocycles. The van der Waals surface area contributed by atoms with Crippen LogP contribution in [0.2, 0.25) is 0 Å². The number of hydrogen-bond donors (Lipinski definition) is 16. The lowest BCUT2D eigenvalue weighted by Gasteiger charge is -2.31. The summed E-state index contributed by atoms with van der Waals surface area (Å²) in [4.78, 5) is 192. The first-order valence-corrected chi connectivity index (χ1v) is 33.2. The molecule has 0 bridgehead atoms. The molecule has 0 spiro atoms. The smallest absolute Gasteiger partial charge is 0.245 e. The molecule has 0 unspecified atom stereocenters. The second-order valence-corrected chi connectivity index (χ2v) is 25.6. The largest absolute Gasteiger partial charge is 0.394 e. The van der Waals surface area contributed by atoms with Gasteiger partial charge in [-0.2, -0.15) is 11.8 Å². The second kappa shape index (κ2) is 39.1. The van der Waals surface area contributed by atoms with Gasteiger partial charge in [-0.15, -0.1) is 0 Å². The summed E-state index contributed by atoms with van der Waals surface area (Å²) in [6.07, 6.45) is 5.57. The van der Waals surface area contributed by atoms with E-state index in [2.05, 4.69) is 62.8 Å². The Morgan fingerprint density at radius 2 is 1.09 bits per heavy atom. The molecule has 2 saturated heterocycles. The number of likely N-dealkylation sites (tertiary alicyclic amines) is 2. The third-order valence-electron chi connectivity index (χ3n) is 15.8. The van der Waals surface area contributed by atoms with Crippen LogP contribution in [0.1, 0.15) is 117 Å². The summed E-state index contributed by atoms with van der Waals surface area (Å²) in [7, 11) is 0. The van der Waals surface area contributed by atoms with Gasteiger partial charge in [0.25, 0.3) is 0 Å². The van der Waals surface area contributed by atoms with Crippen molar-refractivity contribution in [1.82, 2.24) is 67.6 Å². The van der Waals surface area contributed by atoms with E-state index in [0.717, 1.165) is 0 Å². The molecule has 0 aliphatic carbocycles. The Balaban J connectivity index is 1.49. The zero-order valence-corrected chi connectivity index (χ0v) is 55.8. The van der Waals surface area contributed by atoms with Gasteiger partial charge in [-0.05, 0) is 101 Å². The Morgan fingerprint density at radius 1 is 0.600 bits per heavy atom. The number of aliphatic imine (C=N–C) groups is 1. The average molecular weight is 1350 g/mol. The number of imidazole rings is 1. The number of guanidine groups is 1. The van der Waals surface area contributed by atoms with E-state index in [1.54, 1.807) is 58.0 Å². The van der Waals surface area contributed by atoms with Crippen molar-refractivity contribution in [2.45, 2.75) is 191 Å². The molecule has 526 valence electrons. The first kappa shape index (κ1) is 78.5. The molecule has 4 rings (SSSR count). The lowest BCUT2D eigenvalue weighted by molar-refractivity contribution is -0.143. The molecular weight excluding hydrogens is 1250 g/mol. The van der Waals surface area contributed by atoms with Crippen LogP contribution in [0, 0.1) is 11.8 Å². The number of primary amides is 2. The number of benzene rings is 1. The number of hydrogen-bond acceptors (Lipinski definition) is 18. The van der Waals surface area contributed by atoms with Crippen molar-refractivity contribution in [3.63, 3.8) is 0 Å². The molecule has 1 aromatic carbocycles. The molecule has 2 aromatic rings. The number of thioether (sulfide) groups is 1. The van der Waals surface area contributed by atoms with Crippen LogP contribution in [0.3, 0.4) is 0 Å². The molecule has 0 radical (unpaired) electrons. The number of aromatic nitrogens is 2. The number of H-pyrrole nitrogens is 1. The Kier molecular flexibility index (Phi) is 32.3. The van der Waals surface area contributed by atoms with Crippen LogP contribution >= 0.6 is 11.8 Å². The number of rotatable bonds is 39. The summed E-state index contributed by atoms with van der Waals surface area (Å²) >= 11 is 1.52. The van der Waals surface area contributed by atoms with E-state index in [9.17, 15) is 67.4 Å². The van der Waals surface area contributed by atoms with E-state index in [1.807, 2.05) is 6.26 Å². The predicted octanol–water partition coefficient (Wildman–Crippen LogP) is -4.84. The van der Waals surface area contributed by atoms with Crippen LogP contribution in [0.15, 0.2) is 47.8 Å². The number of aliphatic hydroxyl groups is 1. The topological polar surface area (TPSA) is 528 Å². The summed E-state index contributed by atoms with van der Waals surface area (Å²) in [5.74, 6) is -10.7. The molecule has 34 heteroatoms.